The van der Waals surface area contributed by atoms with Crippen molar-refractivity contribution in [2.24, 2.45) is 0 Å². The van der Waals surface area contributed by atoms with Crippen LogP contribution in [-0.4, -0.2) is 30.4 Å². The van der Waals surface area contributed by atoms with Gasteiger partial charge in [0.05, 0.1) is 12.9 Å². The Kier molecular flexibility index (Phi) is 6.03. The van der Waals surface area contributed by atoms with Crippen molar-refractivity contribution in [3.63, 3.8) is 0 Å². The number of carbonyl (C=O) groups excluding carboxylic acids is 2. The number of anilines is 1. The van der Waals surface area contributed by atoms with Gasteiger partial charge < -0.3 is 9.88 Å². The van der Waals surface area contributed by atoms with E-state index in [1.807, 2.05) is 37.3 Å². The Morgan fingerprint density at radius 2 is 1.76 bits per heavy atom. The van der Waals surface area contributed by atoms with Crippen LogP contribution >= 0.6 is 0 Å². The number of hydrogen-bond acceptors (Lipinski definition) is 5. The molecule has 2 heterocycles. The number of nitrogens with one attached hydrogen (secondary N) is 1. The smallest absolute Gasteiger partial charge is 0.325 e. The molecule has 0 unspecified atom stereocenters. The van der Waals surface area contributed by atoms with Crippen LogP contribution in [0.3, 0.4) is 0 Å². The van der Waals surface area contributed by atoms with Gasteiger partial charge in [0.25, 0.3) is 5.56 Å². The molecule has 1 amide bonds. The number of hydrogen-bond donors (Lipinski definition) is 1. The molecule has 9 nitrogen and oxygen atoms in total. The van der Waals surface area contributed by atoms with E-state index < -0.39 is 23.7 Å². The van der Waals surface area contributed by atoms with Crippen LogP contribution < -0.4 is 16.6 Å². The highest BCUT2D eigenvalue weighted by Crippen LogP contribution is 2.12. The predicted octanol–water partition coefficient (Wildman–Crippen LogP) is 2.27. The van der Waals surface area contributed by atoms with Crippen LogP contribution in [0.25, 0.3) is 11.2 Å². The summed E-state index contributed by atoms with van der Waals surface area (Å²) in [6, 6.07) is 15.8. The maximum atomic E-state index is 13.3. The zero-order valence-corrected chi connectivity index (χ0v) is 18.3. The molecule has 9 heteroatoms. The second-order valence-electron chi connectivity index (χ2n) is 7.63. The quantitative estimate of drug-likeness (QED) is 0.439. The largest absolute Gasteiger partial charge is 0.333 e. The van der Waals surface area contributed by atoms with Crippen LogP contribution in [0.15, 0.2) is 70.5 Å². The molecule has 0 bridgehead atoms. The summed E-state index contributed by atoms with van der Waals surface area (Å²) < 4.78 is 3.98. The molecule has 4 rings (SSSR count). The van der Waals surface area contributed by atoms with Crippen molar-refractivity contribution in [3.8, 4) is 0 Å². The van der Waals surface area contributed by atoms with Gasteiger partial charge in [0.2, 0.25) is 5.91 Å². The molecule has 4 aromatic rings. The van der Waals surface area contributed by atoms with Gasteiger partial charge in [-0.05, 0) is 31.5 Å². The molecule has 0 aliphatic carbocycles. The van der Waals surface area contributed by atoms with E-state index >= 15 is 0 Å². The number of aromatic nitrogens is 4. The SMILES string of the molecule is CCn1cnc2c1c(=O)n(CC(=O)Nc1cccc(C(C)=O)c1)c(=O)n2Cc1ccccc1. The van der Waals surface area contributed by atoms with Crippen molar-refractivity contribution in [1.82, 2.24) is 18.7 Å². The van der Waals surface area contributed by atoms with Crippen LogP contribution in [0.1, 0.15) is 29.8 Å². The van der Waals surface area contributed by atoms with E-state index in [9.17, 15) is 19.2 Å². The maximum Gasteiger partial charge on any atom is 0.333 e. The number of imidazole rings is 1. The first-order chi connectivity index (χ1) is 15.9. The molecule has 0 spiro atoms. The molecule has 2 aromatic carbocycles. The Labute approximate surface area is 188 Å². The first-order valence-electron chi connectivity index (χ1n) is 10.5. The van der Waals surface area contributed by atoms with Gasteiger partial charge in [-0.2, -0.15) is 0 Å². The number of carbonyl (C=O) groups is 2. The molecule has 1 N–H and O–H groups in total. The second kappa shape index (κ2) is 9.07. The van der Waals surface area contributed by atoms with E-state index in [1.54, 1.807) is 28.8 Å². The molecular formula is C24H23N5O4. The number of benzene rings is 2. The lowest BCUT2D eigenvalue weighted by atomic mass is 10.1. The van der Waals surface area contributed by atoms with Gasteiger partial charge in [-0.25, -0.2) is 14.3 Å². The van der Waals surface area contributed by atoms with Gasteiger partial charge in [0.1, 0.15) is 6.54 Å². The summed E-state index contributed by atoms with van der Waals surface area (Å²) in [6.45, 7) is 3.52. The summed E-state index contributed by atoms with van der Waals surface area (Å²) in [5.74, 6) is -0.688. The number of Topliss-reactive ketones (excluding diaryl/α,β-unsaturated/α-hetero) is 1. The molecule has 0 radical (unpaired) electrons. The summed E-state index contributed by atoms with van der Waals surface area (Å²) in [5, 5.41) is 2.66. The van der Waals surface area contributed by atoms with Crippen LogP contribution in [0.5, 0.6) is 0 Å². The standard InChI is InChI=1S/C24H23N5O4/c1-3-27-15-25-22-21(27)23(32)29(24(33)28(22)13-17-8-5-4-6-9-17)14-20(31)26-19-11-7-10-18(12-19)16(2)30/h4-12,15H,3,13-14H2,1-2H3,(H,26,31). The van der Waals surface area contributed by atoms with Crippen molar-refractivity contribution in [1.29, 1.82) is 0 Å². The monoisotopic (exact) mass is 445 g/mol. The summed E-state index contributed by atoms with van der Waals surface area (Å²) in [6.07, 6.45) is 1.52. The molecule has 0 saturated carbocycles. The van der Waals surface area contributed by atoms with Gasteiger partial charge in [0.15, 0.2) is 16.9 Å². The van der Waals surface area contributed by atoms with Crippen LogP contribution in [0.4, 0.5) is 5.69 Å². The number of amides is 1. The third-order valence-corrected chi connectivity index (χ3v) is 5.36. The molecule has 0 aliphatic heterocycles. The Hall–Kier alpha value is -4.27. The van der Waals surface area contributed by atoms with Crippen molar-refractivity contribution >= 4 is 28.5 Å². The van der Waals surface area contributed by atoms with Crippen LogP contribution in [0, 0.1) is 0 Å². The van der Waals surface area contributed by atoms with Crippen LogP contribution in [0.2, 0.25) is 0 Å². The minimum Gasteiger partial charge on any atom is -0.325 e. The fourth-order valence-electron chi connectivity index (χ4n) is 3.69. The Bertz CT molecular complexity index is 1460. The number of rotatable bonds is 7. The molecule has 168 valence electrons. The van der Waals surface area contributed by atoms with Gasteiger partial charge >= 0.3 is 5.69 Å². The van der Waals surface area contributed by atoms with E-state index in [0.717, 1.165) is 10.1 Å². The molecular weight excluding hydrogens is 422 g/mol. The molecule has 0 fully saturated rings. The lowest BCUT2D eigenvalue weighted by molar-refractivity contribution is -0.116. The Balaban J connectivity index is 1.74. The van der Waals surface area contributed by atoms with Gasteiger partial charge in [-0.1, -0.05) is 42.5 Å². The Morgan fingerprint density at radius 3 is 2.45 bits per heavy atom. The summed E-state index contributed by atoms with van der Waals surface area (Å²) in [4.78, 5) is 55.1. The normalized spacial score (nSPS) is 11.0. The number of aryl methyl sites for hydroxylation is 1. The summed E-state index contributed by atoms with van der Waals surface area (Å²) >= 11 is 0. The highest BCUT2D eigenvalue weighted by atomic mass is 16.2. The van der Waals surface area contributed by atoms with Crippen molar-refractivity contribution in [2.45, 2.75) is 33.5 Å². The number of ketones is 1. The van der Waals surface area contributed by atoms with E-state index in [1.165, 1.54) is 17.8 Å². The first kappa shape index (κ1) is 21.9. The Morgan fingerprint density at radius 1 is 1.00 bits per heavy atom. The van der Waals surface area contributed by atoms with Gasteiger partial charge in [-0.3, -0.25) is 19.0 Å². The van der Waals surface area contributed by atoms with Gasteiger partial charge in [-0.15, -0.1) is 0 Å². The number of nitrogens with zero attached hydrogens (tertiary/aromatic N) is 4. The second-order valence-corrected chi connectivity index (χ2v) is 7.63. The maximum absolute atomic E-state index is 13.3. The van der Waals surface area contributed by atoms with Gasteiger partial charge in [0, 0.05) is 17.8 Å². The summed E-state index contributed by atoms with van der Waals surface area (Å²) in [7, 11) is 0. The zero-order chi connectivity index (χ0) is 23.5. The van der Waals surface area contributed by atoms with Crippen molar-refractivity contribution in [3.05, 3.63) is 92.9 Å². The molecule has 2 aromatic heterocycles. The number of fused-ring (bicyclic) bond motifs is 1. The lowest BCUT2D eigenvalue weighted by Crippen LogP contribution is -2.43. The van der Waals surface area contributed by atoms with Crippen molar-refractivity contribution in [2.75, 3.05) is 5.32 Å². The topological polar surface area (TPSA) is 108 Å². The minimum absolute atomic E-state index is 0.135. The highest BCUT2D eigenvalue weighted by molar-refractivity contribution is 5.97. The third kappa shape index (κ3) is 4.38. The average molecular weight is 445 g/mol. The molecule has 0 saturated heterocycles. The lowest BCUT2D eigenvalue weighted by Gasteiger charge is -2.13. The minimum atomic E-state index is -0.620. The third-order valence-electron chi connectivity index (χ3n) is 5.36. The first-order valence-corrected chi connectivity index (χ1v) is 10.5. The fraction of sp³-hybridized carbons (Fsp3) is 0.208. The van der Waals surface area contributed by atoms with E-state index in [0.29, 0.717) is 17.8 Å². The van der Waals surface area contributed by atoms with E-state index in [4.69, 9.17) is 0 Å². The zero-order valence-electron chi connectivity index (χ0n) is 18.3. The average Bonchev–Trinajstić information content (AvgIpc) is 3.24. The van der Waals surface area contributed by atoms with Crippen molar-refractivity contribution < 1.29 is 9.59 Å². The van der Waals surface area contributed by atoms with E-state index in [-0.39, 0.29) is 23.5 Å². The highest BCUT2D eigenvalue weighted by Gasteiger charge is 2.19. The molecule has 0 aliphatic rings. The molecule has 33 heavy (non-hydrogen) atoms. The fourth-order valence-corrected chi connectivity index (χ4v) is 3.69. The predicted molar refractivity (Wildman–Crippen MR) is 125 cm³/mol. The van der Waals surface area contributed by atoms with E-state index in [2.05, 4.69) is 10.3 Å². The van der Waals surface area contributed by atoms with Crippen LogP contribution in [-0.2, 0) is 24.4 Å². The summed E-state index contributed by atoms with van der Waals surface area (Å²) in [5.41, 5.74) is 1.06. The molecule has 0 atom stereocenters.